The van der Waals surface area contributed by atoms with Crippen molar-refractivity contribution >= 4 is 17.7 Å². The minimum absolute atomic E-state index is 0.00404. The smallest absolute Gasteiger partial charge is 0.230 e. The Morgan fingerprint density at radius 2 is 1.83 bits per heavy atom. The Labute approximate surface area is 214 Å². The Hall–Kier alpha value is -3.56. The number of nitrogens with one attached hydrogen (secondary N) is 1. The first-order chi connectivity index (χ1) is 17.7. The van der Waals surface area contributed by atoms with Crippen LogP contribution in [-0.2, 0) is 11.3 Å². The lowest BCUT2D eigenvalue weighted by molar-refractivity contribution is -0.119. The number of piperidine rings is 1. The average Bonchev–Trinajstić information content (AvgIpc) is 3.59. The molecule has 8 nitrogen and oxygen atoms in total. The lowest BCUT2D eigenvalue weighted by atomic mass is 10.0. The van der Waals surface area contributed by atoms with Gasteiger partial charge in [-0.25, -0.2) is 0 Å². The van der Waals surface area contributed by atoms with Crippen LogP contribution in [0.3, 0.4) is 0 Å². The van der Waals surface area contributed by atoms with Crippen LogP contribution in [0.2, 0.25) is 0 Å². The van der Waals surface area contributed by atoms with Crippen molar-refractivity contribution in [1.29, 1.82) is 0 Å². The van der Waals surface area contributed by atoms with Gasteiger partial charge >= 0.3 is 0 Å². The number of thioether (sulfide) groups is 1. The Morgan fingerprint density at radius 1 is 1.06 bits per heavy atom. The van der Waals surface area contributed by atoms with Crippen LogP contribution >= 0.6 is 11.8 Å². The molecule has 2 aromatic heterocycles. The van der Waals surface area contributed by atoms with Crippen molar-refractivity contribution in [3.05, 3.63) is 78.6 Å². The molecule has 1 aliphatic heterocycles. The summed E-state index contributed by atoms with van der Waals surface area (Å²) in [7, 11) is 1.63. The molecule has 5 rings (SSSR count). The molecule has 1 fully saturated rings. The zero-order chi connectivity index (χ0) is 24.7. The lowest BCUT2D eigenvalue weighted by Crippen LogP contribution is -2.44. The van der Waals surface area contributed by atoms with Gasteiger partial charge in [0.15, 0.2) is 10.9 Å². The number of ether oxygens (including phenoxy) is 1. The number of hydrogen-bond donors (Lipinski definition) is 1. The minimum atomic E-state index is -0.00404. The van der Waals surface area contributed by atoms with Crippen molar-refractivity contribution in [2.45, 2.75) is 30.6 Å². The molecular weight excluding hydrogens is 474 g/mol. The highest BCUT2D eigenvalue weighted by Crippen LogP contribution is 2.32. The van der Waals surface area contributed by atoms with Crippen molar-refractivity contribution in [1.82, 2.24) is 25.0 Å². The number of methoxy groups -OCH3 is 1. The molecule has 36 heavy (non-hydrogen) atoms. The van der Waals surface area contributed by atoms with Crippen LogP contribution in [-0.4, -0.2) is 57.6 Å². The first-order valence-corrected chi connectivity index (χ1v) is 13.0. The second-order valence-corrected chi connectivity index (χ2v) is 9.63. The highest BCUT2D eigenvalue weighted by molar-refractivity contribution is 7.99. The SMILES string of the molecule is COc1ccccc1-n1c(SCC(=O)NC2CCN(Cc3ccccc3)CC2)nnc1-c1ccco1. The fourth-order valence-corrected chi connectivity index (χ4v) is 5.19. The lowest BCUT2D eigenvalue weighted by Gasteiger charge is -2.32. The largest absolute Gasteiger partial charge is 0.495 e. The zero-order valence-corrected chi connectivity index (χ0v) is 21.0. The maximum absolute atomic E-state index is 12.8. The van der Waals surface area contributed by atoms with Crippen LogP contribution in [0.4, 0.5) is 0 Å². The minimum Gasteiger partial charge on any atom is -0.495 e. The Bertz CT molecular complexity index is 1270. The van der Waals surface area contributed by atoms with Crippen molar-refractivity contribution in [3.8, 4) is 23.0 Å². The number of hydrogen-bond acceptors (Lipinski definition) is 7. The maximum Gasteiger partial charge on any atom is 0.230 e. The van der Waals surface area contributed by atoms with E-state index in [2.05, 4.69) is 44.7 Å². The van der Waals surface area contributed by atoms with E-state index in [1.54, 1.807) is 13.4 Å². The topological polar surface area (TPSA) is 85.4 Å². The summed E-state index contributed by atoms with van der Waals surface area (Å²) in [5.74, 6) is 2.06. The van der Waals surface area contributed by atoms with Gasteiger partial charge in [0.2, 0.25) is 11.7 Å². The number of rotatable bonds is 9. The second kappa shape index (κ2) is 11.5. The van der Waals surface area contributed by atoms with Crippen molar-refractivity contribution in [2.75, 3.05) is 26.0 Å². The molecule has 0 atom stereocenters. The zero-order valence-electron chi connectivity index (χ0n) is 20.2. The molecule has 1 amide bonds. The van der Waals surface area contributed by atoms with Crippen LogP contribution < -0.4 is 10.1 Å². The van der Waals surface area contributed by atoms with Gasteiger partial charge in [-0.1, -0.05) is 54.2 Å². The molecule has 0 aliphatic carbocycles. The van der Waals surface area contributed by atoms with Crippen LogP contribution in [0.1, 0.15) is 18.4 Å². The Morgan fingerprint density at radius 3 is 2.58 bits per heavy atom. The Kier molecular flexibility index (Phi) is 7.68. The molecule has 1 aliphatic rings. The summed E-state index contributed by atoms with van der Waals surface area (Å²) in [5.41, 5.74) is 2.11. The van der Waals surface area contributed by atoms with E-state index in [4.69, 9.17) is 9.15 Å². The van der Waals surface area contributed by atoms with Gasteiger partial charge in [-0.2, -0.15) is 0 Å². The quantitative estimate of drug-likeness (QED) is 0.339. The number of benzene rings is 2. The summed E-state index contributed by atoms with van der Waals surface area (Å²) in [6.45, 7) is 2.90. The highest BCUT2D eigenvalue weighted by Gasteiger charge is 2.23. The molecular formula is C27H29N5O3S. The van der Waals surface area contributed by atoms with Crippen LogP contribution in [0.15, 0.2) is 82.6 Å². The van der Waals surface area contributed by atoms with E-state index in [0.717, 1.165) is 38.2 Å². The molecule has 0 radical (unpaired) electrons. The predicted molar refractivity (Wildman–Crippen MR) is 139 cm³/mol. The number of furan rings is 1. The van der Waals surface area contributed by atoms with Gasteiger partial charge in [0.05, 0.1) is 24.8 Å². The van der Waals surface area contributed by atoms with Crippen LogP contribution in [0.5, 0.6) is 5.75 Å². The molecule has 1 saturated heterocycles. The summed E-state index contributed by atoms with van der Waals surface area (Å²) in [4.78, 5) is 15.3. The van der Waals surface area contributed by atoms with Crippen LogP contribution in [0, 0.1) is 0 Å². The van der Waals surface area contributed by atoms with Gasteiger partial charge < -0.3 is 14.5 Å². The van der Waals surface area contributed by atoms with Gasteiger partial charge in [0, 0.05) is 25.7 Å². The highest BCUT2D eigenvalue weighted by atomic mass is 32.2. The van der Waals surface area contributed by atoms with Gasteiger partial charge in [-0.3, -0.25) is 14.3 Å². The van der Waals surface area contributed by atoms with E-state index in [0.29, 0.717) is 22.5 Å². The van der Waals surface area contributed by atoms with E-state index in [1.807, 2.05) is 47.0 Å². The summed E-state index contributed by atoms with van der Waals surface area (Å²) in [6, 6.07) is 22.0. The number of amides is 1. The predicted octanol–water partition coefficient (Wildman–Crippen LogP) is 4.41. The number of carbonyl (C=O) groups excluding carboxylic acids is 1. The van der Waals surface area contributed by atoms with Gasteiger partial charge in [-0.15, -0.1) is 10.2 Å². The molecule has 4 aromatic rings. The van der Waals surface area contributed by atoms with E-state index in [-0.39, 0.29) is 17.7 Å². The second-order valence-electron chi connectivity index (χ2n) is 8.68. The van der Waals surface area contributed by atoms with Crippen LogP contribution in [0.25, 0.3) is 17.3 Å². The van der Waals surface area contributed by atoms with E-state index >= 15 is 0 Å². The standard InChI is InChI=1S/C27H29N5O3S/c1-34-23-11-6-5-10-22(23)32-26(24-12-7-17-35-24)29-30-27(32)36-19-25(33)28-21-13-15-31(16-14-21)18-20-8-3-2-4-9-20/h2-12,17,21H,13-16,18-19H2,1H3,(H,28,33). The average molecular weight is 504 g/mol. The first-order valence-electron chi connectivity index (χ1n) is 12.0. The molecule has 0 saturated carbocycles. The fraction of sp³-hybridized carbons (Fsp3) is 0.296. The summed E-state index contributed by atoms with van der Waals surface area (Å²) in [6.07, 6.45) is 3.49. The molecule has 186 valence electrons. The number of likely N-dealkylation sites (tertiary alicyclic amines) is 1. The molecule has 0 spiro atoms. The molecule has 0 bridgehead atoms. The summed E-state index contributed by atoms with van der Waals surface area (Å²) >= 11 is 1.35. The van der Waals surface area contributed by atoms with E-state index in [9.17, 15) is 4.79 Å². The van der Waals surface area contributed by atoms with E-state index in [1.165, 1.54) is 17.3 Å². The van der Waals surface area contributed by atoms with E-state index < -0.39 is 0 Å². The number of carbonyl (C=O) groups is 1. The molecule has 2 aromatic carbocycles. The third-order valence-electron chi connectivity index (χ3n) is 6.24. The van der Waals surface area contributed by atoms with Crippen molar-refractivity contribution in [2.24, 2.45) is 0 Å². The number of aromatic nitrogens is 3. The van der Waals surface area contributed by atoms with Gasteiger partial charge in [0.1, 0.15) is 5.75 Å². The van der Waals surface area contributed by atoms with Crippen molar-refractivity contribution in [3.63, 3.8) is 0 Å². The summed E-state index contributed by atoms with van der Waals surface area (Å²) < 4.78 is 13.0. The molecule has 0 unspecified atom stereocenters. The number of nitrogens with zero attached hydrogens (tertiary/aromatic N) is 4. The third-order valence-corrected chi connectivity index (χ3v) is 7.16. The maximum atomic E-state index is 12.8. The first kappa shape index (κ1) is 24.1. The van der Waals surface area contributed by atoms with Crippen molar-refractivity contribution < 1.29 is 13.9 Å². The molecule has 9 heteroatoms. The number of para-hydroxylation sites is 2. The molecule has 3 heterocycles. The van der Waals surface area contributed by atoms with Gasteiger partial charge in [-0.05, 0) is 42.7 Å². The normalized spacial score (nSPS) is 14.6. The van der Waals surface area contributed by atoms with Gasteiger partial charge in [0.25, 0.3) is 0 Å². The Balaban J connectivity index is 1.21. The molecule has 1 N–H and O–H groups in total. The monoisotopic (exact) mass is 503 g/mol. The third kappa shape index (κ3) is 5.63. The fourth-order valence-electron chi connectivity index (χ4n) is 4.44. The summed E-state index contributed by atoms with van der Waals surface area (Å²) in [5, 5.41) is 12.5.